The van der Waals surface area contributed by atoms with Gasteiger partial charge in [-0.15, -0.1) is 0 Å². The van der Waals surface area contributed by atoms with E-state index in [1.54, 1.807) is 0 Å². The van der Waals surface area contributed by atoms with Crippen molar-refractivity contribution in [3.05, 3.63) is 41.2 Å². The second-order valence-corrected chi connectivity index (χ2v) is 4.63. The first kappa shape index (κ1) is 11.6. The van der Waals surface area contributed by atoms with E-state index in [-0.39, 0.29) is 5.57 Å². The Labute approximate surface area is 98.5 Å². The summed E-state index contributed by atoms with van der Waals surface area (Å²) in [7, 11) is 0. The molecule has 0 spiro atoms. The molecule has 0 aliphatic heterocycles. The van der Waals surface area contributed by atoms with Crippen LogP contribution in [0.1, 0.15) is 23.1 Å². The second-order valence-electron chi connectivity index (χ2n) is 4.63. The van der Waals surface area contributed by atoms with Gasteiger partial charge in [-0.2, -0.15) is 17.6 Å². The van der Waals surface area contributed by atoms with Crippen molar-refractivity contribution in [1.82, 2.24) is 0 Å². The van der Waals surface area contributed by atoms with Gasteiger partial charge >= 0.3 is 11.8 Å². The minimum atomic E-state index is -4.68. The van der Waals surface area contributed by atoms with Crippen molar-refractivity contribution in [2.24, 2.45) is 0 Å². The topological polar surface area (TPSA) is 20.2 Å². The van der Waals surface area contributed by atoms with Crippen LogP contribution in [0.2, 0.25) is 0 Å². The van der Waals surface area contributed by atoms with Crippen molar-refractivity contribution in [3.8, 4) is 0 Å². The summed E-state index contributed by atoms with van der Waals surface area (Å²) >= 11 is 0. The van der Waals surface area contributed by atoms with Gasteiger partial charge in [-0.25, -0.2) is 4.39 Å². The van der Waals surface area contributed by atoms with E-state index in [1.165, 1.54) is 0 Å². The van der Waals surface area contributed by atoms with E-state index < -0.39 is 46.4 Å². The van der Waals surface area contributed by atoms with Gasteiger partial charge in [0.2, 0.25) is 0 Å². The predicted octanol–water partition coefficient (Wildman–Crippen LogP) is 3.17. The first-order valence-corrected chi connectivity index (χ1v) is 5.14. The molecule has 1 N–H and O–H groups in total. The molecule has 0 saturated heterocycles. The summed E-state index contributed by atoms with van der Waals surface area (Å²) in [6.45, 7) is 3.36. The summed E-state index contributed by atoms with van der Waals surface area (Å²) in [6, 6.07) is 1.29. The van der Waals surface area contributed by atoms with Gasteiger partial charge in [0.15, 0.2) is 5.60 Å². The molecule has 1 unspecified atom stereocenters. The summed E-state index contributed by atoms with van der Waals surface area (Å²) in [4.78, 5) is 0. The van der Waals surface area contributed by atoms with Crippen LogP contribution in [0.5, 0.6) is 0 Å². The first-order chi connectivity index (χ1) is 8.14. The quantitative estimate of drug-likeness (QED) is 0.712. The number of benzene rings is 1. The van der Waals surface area contributed by atoms with Crippen LogP contribution in [0, 0.1) is 5.82 Å². The van der Waals surface area contributed by atoms with Gasteiger partial charge in [0.05, 0.1) is 0 Å². The highest BCUT2D eigenvalue weighted by molar-refractivity contribution is 5.78. The van der Waals surface area contributed by atoms with Crippen LogP contribution in [-0.2, 0) is 11.5 Å². The van der Waals surface area contributed by atoms with Gasteiger partial charge in [-0.05, 0) is 17.7 Å². The fraction of sp³-hybridized carbons (Fsp3) is 0.333. The summed E-state index contributed by atoms with van der Waals surface area (Å²) in [5.41, 5.74) is -5.32. The second kappa shape index (κ2) is 2.77. The van der Waals surface area contributed by atoms with E-state index in [4.69, 9.17) is 0 Å². The lowest BCUT2D eigenvalue weighted by Gasteiger charge is -2.30. The Kier molecular flexibility index (Phi) is 1.79. The van der Waals surface area contributed by atoms with Crippen LogP contribution >= 0.6 is 0 Å². The van der Waals surface area contributed by atoms with E-state index in [2.05, 4.69) is 6.58 Å². The van der Waals surface area contributed by atoms with Crippen LogP contribution < -0.4 is 0 Å². The van der Waals surface area contributed by atoms with Crippen LogP contribution in [0.25, 0.3) is 5.57 Å². The Morgan fingerprint density at radius 3 is 2.39 bits per heavy atom. The molecule has 6 heteroatoms. The summed E-state index contributed by atoms with van der Waals surface area (Å²) < 4.78 is 68.3. The highest BCUT2D eigenvalue weighted by Gasteiger charge is 2.78. The number of hydrogen-bond donors (Lipinski definition) is 1. The number of alkyl halides is 4. The summed E-state index contributed by atoms with van der Waals surface area (Å²) in [5, 5.41) is 9.91. The van der Waals surface area contributed by atoms with E-state index in [0.29, 0.717) is 12.1 Å². The molecule has 18 heavy (non-hydrogen) atoms. The molecule has 0 amide bonds. The lowest BCUT2D eigenvalue weighted by atomic mass is 9.94. The Bertz CT molecular complexity index is 592. The number of aliphatic hydroxyl groups is 1. The third kappa shape index (κ3) is 0.901. The maximum absolute atomic E-state index is 13.7. The molecule has 1 nitrogen and oxygen atoms in total. The molecule has 3 rings (SSSR count). The highest BCUT2D eigenvalue weighted by atomic mass is 19.3. The molecule has 0 heterocycles. The molecule has 0 bridgehead atoms. The lowest BCUT2D eigenvalue weighted by Crippen LogP contribution is -2.47. The Morgan fingerprint density at radius 1 is 1.17 bits per heavy atom. The molecule has 2 aliphatic carbocycles. The molecule has 0 radical (unpaired) electrons. The molecule has 0 saturated carbocycles. The standard InChI is InChI=1S/C12H7F5O/c1-5-4-10(18)9-6(2-3-7(13)8(5)9)11(14,15)12(10,16)17/h2-3,18H,1,4H2. The van der Waals surface area contributed by atoms with Gasteiger partial charge in [0.1, 0.15) is 5.82 Å². The number of halogens is 5. The lowest BCUT2D eigenvalue weighted by molar-refractivity contribution is -0.283. The van der Waals surface area contributed by atoms with Crippen molar-refractivity contribution in [1.29, 1.82) is 0 Å². The fourth-order valence-corrected chi connectivity index (χ4v) is 2.80. The molecule has 1 atom stereocenters. The summed E-state index contributed by atoms with van der Waals surface area (Å²) in [5.74, 6) is -10.1. The SMILES string of the molecule is C=C1CC2(O)c3c(ccc(F)c31)C(F)(F)C2(F)F. The van der Waals surface area contributed by atoms with Crippen molar-refractivity contribution in [2.75, 3.05) is 0 Å². The minimum absolute atomic E-state index is 0.0953. The van der Waals surface area contributed by atoms with Gasteiger partial charge in [0.25, 0.3) is 0 Å². The van der Waals surface area contributed by atoms with Crippen LogP contribution in [0.3, 0.4) is 0 Å². The highest BCUT2D eigenvalue weighted by Crippen LogP contribution is 2.66. The zero-order valence-electron chi connectivity index (χ0n) is 8.91. The van der Waals surface area contributed by atoms with Crippen molar-refractivity contribution in [2.45, 2.75) is 23.9 Å². The first-order valence-electron chi connectivity index (χ1n) is 5.14. The molecule has 0 aromatic heterocycles. The summed E-state index contributed by atoms with van der Waals surface area (Å²) in [6.07, 6.45) is -0.793. The van der Waals surface area contributed by atoms with E-state index >= 15 is 0 Å². The maximum Gasteiger partial charge on any atom is 0.346 e. The molecule has 96 valence electrons. The number of rotatable bonds is 0. The minimum Gasteiger partial charge on any atom is -0.378 e. The molecular formula is C12H7F5O. The van der Waals surface area contributed by atoms with E-state index in [0.717, 1.165) is 0 Å². The smallest absolute Gasteiger partial charge is 0.346 e. The Hall–Kier alpha value is -1.43. The normalized spacial score (nSPS) is 30.7. The largest absolute Gasteiger partial charge is 0.378 e. The van der Waals surface area contributed by atoms with Gasteiger partial charge < -0.3 is 5.11 Å². The van der Waals surface area contributed by atoms with Crippen molar-refractivity contribution in [3.63, 3.8) is 0 Å². The monoisotopic (exact) mass is 262 g/mol. The van der Waals surface area contributed by atoms with Crippen LogP contribution in [0.4, 0.5) is 22.0 Å². The van der Waals surface area contributed by atoms with Crippen LogP contribution in [0.15, 0.2) is 18.7 Å². The average Bonchev–Trinajstić information content (AvgIpc) is 2.58. The average molecular weight is 262 g/mol. The third-order valence-corrected chi connectivity index (χ3v) is 3.64. The maximum atomic E-state index is 13.7. The van der Waals surface area contributed by atoms with E-state index in [1.807, 2.05) is 0 Å². The zero-order chi connectivity index (χ0) is 13.5. The molecule has 1 aromatic rings. The van der Waals surface area contributed by atoms with Gasteiger partial charge in [-0.1, -0.05) is 6.58 Å². The fourth-order valence-electron chi connectivity index (χ4n) is 2.80. The molecule has 0 fully saturated rings. The van der Waals surface area contributed by atoms with Crippen LogP contribution in [-0.4, -0.2) is 11.0 Å². The van der Waals surface area contributed by atoms with Crippen molar-refractivity contribution >= 4 is 5.57 Å². The number of hydrogen-bond acceptors (Lipinski definition) is 1. The molecular weight excluding hydrogens is 255 g/mol. The van der Waals surface area contributed by atoms with Gasteiger partial charge in [0, 0.05) is 23.1 Å². The Morgan fingerprint density at radius 2 is 1.78 bits per heavy atom. The third-order valence-electron chi connectivity index (χ3n) is 3.64. The van der Waals surface area contributed by atoms with Crippen molar-refractivity contribution < 1.29 is 27.1 Å². The predicted molar refractivity (Wildman–Crippen MR) is 52.8 cm³/mol. The van der Waals surface area contributed by atoms with Gasteiger partial charge in [-0.3, -0.25) is 0 Å². The molecule has 1 aromatic carbocycles. The van der Waals surface area contributed by atoms with E-state index in [9.17, 15) is 27.1 Å². The molecule has 2 aliphatic rings. The Balaban J connectivity index is 2.48. The zero-order valence-corrected chi connectivity index (χ0v) is 8.91.